The smallest absolute Gasteiger partial charge is 0.250 e. The summed E-state index contributed by atoms with van der Waals surface area (Å²) in [5.41, 5.74) is 12.3. The molecule has 6 N–H and O–H groups in total. The van der Waals surface area contributed by atoms with Gasteiger partial charge >= 0.3 is 0 Å². The first kappa shape index (κ1) is 20.2. The SMILES string of the molecule is Cc1[nH]c2c(C(N)=O)cccc2c1C1NC2=C(CC=CN=C2)C(NCc2ccccc2)N1. The number of aromatic nitrogens is 1. The Morgan fingerprint density at radius 3 is 2.84 bits per heavy atom. The molecule has 1 amide bonds. The molecule has 2 aliphatic heterocycles. The molecule has 3 heterocycles. The Kier molecular flexibility index (Phi) is 5.34. The molecule has 7 heteroatoms. The van der Waals surface area contributed by atoms with Crippen molar-refractivity contribution in [2.75, 3.05) is 0 Å². The topological polar surface area (TPSA) is 107 Å². The molecular weight excluding hydrogens is 400 g/mol. The van der Waals surface area contributed by atoms with Gasteiger partial charge < -0.3 is 16.0 Å². The summed E-state index contributed by atoms with van der Waals surface area (Å²) in [4.78, 5) is 19.7. The Balaban J connectivity index is 1.52. The zero-order valence-electron chi connectivity index (χ0n) is 17.9. The standard InChI is InChI=1S/C25H26N6O/c1-15-21(18-9-5-10-19(23(26)32)22(18)29-15)25-30-20-14-27-12-6-11-17(20)24(31-25)28-13-16-7-3-2-4-8-16/h2-10,12,14,24-25,28-31H,11,13H2,1H3,(H2,26,32). The number of benzene rings is 2. The average Bonchev–Trinajstić information content (AvgIpc) is 2.96. The second-order valence-electron chi connectivity index (χ2n) is 8.11. The van der Waals surface area contributed by atoms with Gasteiger partial charge in [-0.3, -0.25) is 20.4 Å². The molecular formula is C25H26N6O. The molecule has 162 valence electrons. The number of allylic oxidation sites excluding steroid dienone is 2. The summed E-state index contributed by atoms with van der Waals surface area (Å²) >= 11 is 0. The van der Waals surface area contributed by atoms with Gasteiger partial charge in [0.05, 0.1) is 29.2 Å². The van der Waals surface area contributed by atoms with Crippen molar-refractivity contribution in [1.82, 2.24) is 20.9 Å². The van der Waals surface area contributed by atoms with Crippen molar-refractivity contribution < 1.29 is 4.79 Å². The Morgan fingerprint density at radius 1 is 1.19 bits per heavy atom. The van der Waals surface area contributed by atoms with Crippen LogP contribution in [0.5, 0.6) is 0 Å². The van der Waals surface area contributed by atoms with Gasteiger partial charge in [-0.2, -0.15) is 0 Å². The number of H-pyrrole nitrogens is 1. The van der Waals surface area contributed by atoms with E-state index in [1.165, 1.54) is 11.1 Å². The number of primary amides is 1. The fraction of sp³-hybridized carbons (Fsp3) is 0.200. The Bertz CT molecular complexity index is 1250. The van der Waals surface area contributed by atoms with Crippen molar-refractivity contribution in [2.45, 2.75) is 32.2 Å². The molecule has 5 rings (SSSR count). The van der Waals surface area contributed by atoms with Gasteiger partial charge in [0.1, 0.15) is 6.17 Å². The molecule has 2 aliphatic rings. The maximum atomic E-state index is 11.9. The summed E-state index contributed by atoms with van der Waals surface area (Å²) < 4.78 is 0. The zero-order chi connectivity index (χ0) is 22.1. The second kappa shape index (κ2) is 8.45. The third-order valence-electron chi connectivity index (χ3n) is 6.04. The van der Waals surface area contributed by atoms with Crippen molar-refractivity contribution in [3.63, 3.8) is 0 Å². The van der Waals surface area contributed by atoms with E-state index in [0.717, 1.165) is 40.8 Å². The van der Waals surface area contributed by atoms with Gasteiger partial charge in [-0.15, -0.1) is 0 Å². The minimum atomic E-state index is -0.442. The predicted octanol–water partition coefficient (Wildman–Crippen LogP) is 3.12. The molecule has 2 aromatic carbocycles. The van der Waals surface area contributed by atoms with E-state index in [-0.39, 0.29) is 12.3 Å². The first-order valence-corrected chi connectivity index (χ1v) is 10.7. The Morgan fingerprint density at radius 2 is 2.03 bits per heavy atom. The van der Waals surface area contributed by atoms with Crippen LogP contribution >= 0.6 is 0 Å². The lowest BCUT2D eigenvalue weighted by molar-refractivity contribution is 0.100. The molecule has 32 heavy (non-hydrogen) atoms. The van der Waals surface area contributed by atoms with E-state index in [2.05, 4.69) is 44.1 Å². The van der Waals surface area contributed by atoms with Crippen LogP contribution in [-0.2, 0) is 6.54 Å². The Hall–Kier alpha value is -3.68. The van der Waals surface area contributed by atoms with Gasteiger partial charge in [-0.1, -0.05) is 48.5 Å². The number of nitrogens with zero attached hydrogens (tertiary/aromatic N) is 1. The third kappa shape index (κ3) is 3.72. The Labute approximate surface area is 186 Å². The summed E-state index contributed by atoms with van der Waals surface area (Å²) in [7, 11) is 0. The molecule has 0 saturated heterocycles. The zero-order valence-corrected chi connectivity index (χ0v) is 17.9. The number of nitrogens with two attached hydrogens (primary N) is 1. The van der Waals surface area contributed by atoms with Gasteiger partial charge in [0.15, 0.2) is 0 Å². The number of hydrogen-bond donors (Lipinski definition) is 5. The van der Waals surface area contributed by atoms with E-state index in [4.69, 9.17) is 5.73 Å². The lowest BCUT2D eigenvalue weighted by Crippen LogP contribution is -2.53. The largest absolute Gasteiger partial charge is 0.366 e. The van der Waals surface area contributed by atoms with E-state index in [1.54, 1.807) is 6.07 Å². The fourth-order valence-corrected chi connectivity index (χ4v) is 4.52. The van der Waals surface area contributed by atoms with Crippen LogP contribution in [0.3, 0.4) is 0 Å². The quantitative estimate of drug-likeness (QED) is 0.432. The van der Waals surface area contributed by atoms with Crippen LogP contribution in [0.1, 0.15) is 39.8 Å². The normalized spacial score (nSPS) is 20.2. The molecule has 1 aromatic heterocycles. The van der Waals surface area contributed by atoms with Gasteiger partial charge in [0.25, 0.3) is 5.91 Å². The minimum absolute atomic E-state index is 0.0469. The van der Waals surface area contributed by atoms with Crippen LogP contribution in [0, 0.1) is 6.92 Å². The summed E-state index contributed by atoms with van der Waals surface area (Å²) in [6.07, 6.45) is 6.35. The molecule has 0 bridgehead atoms. The van der Waals surface area contributed by atoms with Crippen molar-refractivity contribution >= 4 is 23.0 Å². The average molecular weight is 427 g/mol. The molecule has 2 atom stereocenters. The molecule has 0 radical (unpaired) electrons. The van der Waals surface area contributed by atoms with E-state index in [1.807, 2.05) is 49.7 Å². The van der Waals surface area contributed by atoms with E-state index in [9.17, 15) is 4.79 Å². The van der Waals surface area contributed by atoms with E-state index in [0.29, 0.717) is 5.56 Å². The summed E-state index contributed by atoms with van der Waals surface area (Å²) in [5, 5.41) is 12.0. The van der Waals surface area contributed by atoms with Crippen LogP contribution in [0.2, 0.25) is 0 Å². The summed E-state index contributed by atoms with van der Waals surface area (Å²) in [5.74, 6) is -0.442. The number of aryl methyl sites for hydroxylation is 1. The first-order chi connectivity index (χ1) is 15.6. The number of aromatic amines is 1. The second-order valence-corrected chi connectivity index (χ2v) is 8.11. The highest BCUT2D eigenvalue weighted by Crippen LogP contribution is 2.32. The van der Waals surface area contributed by atoms with Gasteiger partial charge in [0.2, 0.25) is 0 Å². The van der Waals surface area contributed by atoms with Crippen molar-refractivity contribution in [3.05, 3.63) is 94.5 Å². The van der Waals surface area contributed by atoms with Crippen molar-refractivity contribution in [1.29, 1.82) is 0 Å². The van der Waals surface area contributed by atoms with Crippen LogP contribution in [0.4, 0.5) is 0 Å². The monoisotopic (exact) mass is 426 g/mol. The third-order valence-corrected chi connectivity index (χ3v) is 6.04. The maximum absolute atomic E-state index is 11.9. The number of aliphatic imine (C=N–C) groups is 1. The molecule has 7 nitrogen and oxygen atoms in total. The van der Waals surface area contributed by atoms with Crippen LogP contribution < -0.4 is 21.7 Å². The number of carbonyl (C=O) groups is 1. The number of nitrogens with one attached hydrogen (secondary N) is 4. The van der Waals surface area contributed by atoms with Crippen molar-refractivity contribution in [2.24, 2.45) is 10.7 Å². The number of hydrogen-bond acceptors (Lipinski definition) is 5. The number of rotatable bonds is 5. The van der Waals surface area contributed by atoms with E-state index >= 15 is 0 Å². The lowest BCUT2D eigenvalue weighted by atomic mass is 9.99. The molecule has 0 saturated carbocycles. The number of amides is 1. The van der Waals surface area contributed by atoms with Crippen LogP contribution in [0.25, 0.3) is 10.9 Å². The summed E-state index contributed by atoms with van der Waals surface area (Å²) in [6.45, 7) is 2.75. The predicted molar refractivity (Wildman–Crippen MR) is 127 cm³/mol. The fourth-order valence-electron chi connectivity index (χ4n) is 4.52. The minimum Gasteiger partial charge on any atom is -0.366 e. The molecule has 0 fully saturated rings. The highest BCUT2D eigenvalue weighted by molar-refractivity contribution is 6.06. The van der Waals surface area contributed by atoms with Crippen LogP contribution in [0.15, 0.2) is 77.1 Å². The van der Waals surface area contributed by atoms with Gasteiger partial charge in [0, 0.05) is 29.4 Å². The lowest BCUT2D eigenvalue weighted by Gasteiger charge is -2.36. The number of fused-ring (bicyclic) bond motifs is 1. The molecule has 0 aliphatic carbocycles. The maximum Gasteiger partial charge on any atom is 0.250 e. The highest BCUT2D eigenvalue weighted by atomic mass is 16.1. The van der Waals surface area contributed by atoms with Gasteiger partial charge in [-0.05, 0) is 30.5 Å². The van der Waals surface area contributed by atoms with Gasteiger partial charge in [-0.25, -0.2) is 0 Å². The van der Waals surface area contributed by atoms with Crippen molar-refractivity contribution in [3.8, 4) is 0 Å². The highest BCUT2D eigenvalue weighted by Gasteiger charge is 2.31. The number of para-hydroxylation sites is 1. The molecule has 3 aromatic rings. The van der Waals surface area contributed by atoms with E-state index < -0.39 is 5.91 Å². The first-order valence-electron chi connectivity index (χ1n) is 10.7. The van der Waals surface area contributed by atoms with Crippen LogP contribution in [-0.4, -0.2) is 23.3 Å². The molecule has 0 spiro atoms. The summed E-state index contributed by atoms with van der Waals surface area (Å²) in [6, 6.07) is 16.0. The molecule has 2 unspecified atom stereocenters. The number of carbonyl (C=O) groups excluding carboxylic acids is 1.